The van der Waals surface area contributed by atoms with Crippen LogP contribution in [0.4, 0.5) is 0 Å². The number of rotatable bonds is 6. The number of hydrogen-bond acceptors (Lipinski definition) is 3. The first-order valence-electron chi connectivity index (χ1n) is 7.57. The summed E-state index contributed by atoms with van der Waals surface area (Å²) in [6, 6.07) is 2.48. The van der Waals surface area contributed by atoms with E-state index < -0.39 is 0 Å². The largest absolute Gasteiger partial charge is 0.352 e. The van der Waals surface area contributed by atoms with Gasteiger partial charge in [0.05, 0.1) is 0 Å². The Hall–Kier alpha value is -1.42. The Morgan fingerprint density at radius 3 is 2.90 bits per heavy atom. The summed E-state index contributed by atoms with van der Waals surface area (Å²) in [5, 5.41) is 3.00. The van der Waals surface area contributed by atoms with Crippen LogP contribution in [-0.2, 0) is 11.3 Å². The fourth-order valence-corrected chi connectivity index (χ4v) is 2.69. The molecular formula is C16H25N3O. The van der Waals surface area contributed by atoms with Gasteiger partial charge in [0.15, 0.2) is 0 Å². The van der Waals surface area contributed by atoms with Crippen molar-refractivity contribution in [2.75, 3.05) is 13.1 Å². The molecule has 1 aliphatic rings. The number of carbonyl (C=O) groups excluding carboxylic acids is 1. The minimum Gasteiger partial charge on any atom is -0.352 e. The molecule has 1 N–H and O–H groups in total. The van der Waals surface area contributed by atoms with Crippen LogP contribution in [0.15, 0.2) is 18.5 Å². The molecular weight excluding hydrogens is 250 g/mol. The van der Waals surface area contributed by atoms with E-state index in [2.05, 4.69) is 22.1 Å². The van der Waals surface area contributed by atoms with Gasteiger partial charge in [0, 0.05) is 31.4 Å². The lowest BCUT2D eigenvalue weighted by atomic mass is 10.1. The summed E-state index contributed by atoms with van der Waals surface area (Å²) in [6.45, 7) is 7.23. The lowest BCUT2D eigenvalue weighted by Crippen LogP contribution is -2.32. The number of aryl methyl sites for hydroxylation is 1. The molecule has 20 heavy (non-hydrogen) atoms. The molecule has 1 atom stereocenters. The summed E-state index contributed by atoms with van der Waals surface area (Å²) in [5.41, 5.74) is 2.26. The van der Waals surface area contributed by atoms with Gasteiger partial charge in [0.1, 0.15) is 0 Å². The van der Waals surface area contributed by atoms with Crippen LogP contribution in [0.1, 0.15) is 43.7 Å². The van der Waals surface area contributed by atoms with Gasteiger partial charge in [0.25, 0.3) is 0 Å². The number of hydrogen-bond donors (Lipinski definition) is 1. The van der Waals surface area contributed by atoms with E-state index in [1.165, 1.54) is 25.9 Å². The smallest absolute Gasteiger partial charge is 0.220 e. The molecule has 1 aliphatic heterocycles. The molecule has 2 heterocycles. The maximum absolute atomic E-state index is 11.9. The molecule has 0 saturated carbocycles. The number of amides is 1. The summed E-state index contributed by atoms with van der Waals surface area (Å²) in [4.78, 5) is 18.4. The molecule has 0 unspecified atom stereocenters. The minimum absolute atomic E-state index is 0.146. The Kier molecular flexibility index (Phi) is 5.53. The van der Waals surface area contributed by atoms with Crippen molar-refractivity contribution in [3.05, 3.63) is 29.6 Å². The summed E-state index contributed by atoms with van der Waals surface area (Å²) < 4.78 is 0. The second-order valence-electron chi connectivity index (χ2n) is 5.71. The van der Waals surface area contributed by atoms with Crippen molar-refractivity contribution in [2.45, 2.75) is 52.1 Å². The second kappa shape index (κ2) is 7.39. The van der Waals surface area contributed by atoms with Crippen LogP contribution >= 0.6 is 0 Å². The number of aromatic nitrogens is 1. The van der Waals surface area contributed by atoms with E-state index in [1.54, 1.807) is 6.20 Å². The summed E-state index contributed by atoms with van der Waals surface area (Å²) in [5.74, 6) is 0.146. The molecule has 2 rings (SSSR count). The van der Waals surface area contributed by atoms with E-state index in [0.717, 1.165) is 17.5 Å². The highest BCUT2D eigenvalue weighted by atomic mass is 16.1. The first kappa shape index (κ1) is 15.0. The number of nitrogens with zero attached hydrogens (tertiary/aromatic N) is 2. The molecule has 0 aromatic carbocycles. The van der Waals surface area contributed by atoms with E-state index in [4.69, 9.17) is 0 Å². The maximum atomic E-state index is 11.9. The number of nitrogens with one attached hydrogen (secondary N) is 1. The van der Waals surface area contributed by atoms with Gasteiger partial charge in [-0.2, -0.15) is 0 Å². The first-order valence-corrected chi connectivity index (χ1v) is 7.57. The molecule has 0 radical (unpaired) electrons. The van der Waals surface area contributed by atoms with E-state index in [1.807, 2.05) is 19.2 Å². The Balaban J connectivity index is 1.69. The third-order valence-electron chi connectivity index (χ3n) is 4.17. The van der Waals surface area contributed by atoms with E-state index >= 15 is 0 Å². The molecule has 4 nitrogen and oxygen atoms in total. The average molecular weight is 275 g/mol. The Bertz CT molecular complexity index is 441. The molecule has 1 amide bonds. The molecule has 1 fully saturated rings. The first-order chi connectivity index (χ1) is 9.66. The second-order valence-corrected chi connectivity index (χ2v) is 5.71. The molecule has 110 valence electrons. The van der Waals surface area contributed by atoms with Crippen molar-refractivity contribution >= 4 is 5.91 Å². The average Bonchev–Trinajstić information content (AvgIpc) is 2.98. The minimum atomic E-state index is 0.146. The van der Waals surface area contributed by atoms with Gasteiger partial charge in [-0.15, -0.1) is 0 Å². The van der Waals surface area contributed by atoms with Gasteiger partial charge in [-0.1, -0.05) is 0 Å². The molecule has 1 aromatic heterocycles. The van der Waals surface area contributed by atoms with Crippen LogP contribution in [0.25, 0.3) is 0 Å². The predicted molar refractivity (Wildman–Crippen MR) is 80.3 cm³/mol. The van der Waals surface area contributed by atoms with Gasteiger partial charge in [0.2, 0.25) is 5.91 Å². The number of likely N-dealkylation sites (tertiary alicyclic amines) is 1. The van der Waals surface area contributed by atoms with Crippen molar-refractivity contribution in [3.8, 4) is 0 Å². The van der Waals surface area contributed by atoms with E-state index in [-0.39, 0.29) is 5.91 Å². The van der Waals surface area contributed by atoms with Crippen molar-refractivity contribution < 1.29 is 4.79 Å². The van der Waals surface area contributed by atoms with Crippen molar-refractivity contribution in [2.24, 2.45) is 0 Å². The van der Waals surface area contributed by atoms with Crippen LogP contribution in [0.3, 0.4) is 0 Å². The zero-order chi connectivity index (χ0) is 14.4. The van der Waals surface area contributed by atoms with Gasteiger partial charge in [-0.05, 0) is 63.4 Å². The lowest BCUT2D eigenvalue weighted by molar-refractivity contribution is -0.121. The zero-order valence-electron chi connectivity index (χ0n) is 12.6. The third kappa shape index (κ3) is 4.30. The third-order valence-corrected chi connectivity index (χ3v) is 4.17. The molecule has 0 spiro atoms. The van der Waals surface area contributed by atoms with Crippen LogP contribution < -0.4 is 5.32 Å². The molecule has 0 aliphatic carbocycles. The predicted octanol–water partition coefficient (Wildman–Crippen LogP) is 2.27. The topological polar surface area (TPSA) is 45.2 Å². The van der Waals surface area contributed by atoms with E-state index in [0.29, 0.717) is 19.0 Å². The fraction of sp³-hybridized carbons (Fsp3) is 0.625. The fourth-order valence-electron chi connectivity index (χ4n) is 2.69. The lowest BCUT2D eigenvalue weighted by Gasteiger charge is -2.23. The molecule has 1 aromatic rings. The van der Waals surface area contributed by atoms with Crippen molar-refractivity contribution in [1.82, 2.24) is 15.2 Å². The van der Waals surface area contributed by atoms with Crippen LogP contribution in [0.5, 0.6) is 0 Å². The zero-order valence-corrected chi connectivity index (χ0v) is 12.6. The Morgan fingerprint density at radius 2 is 2.20 bits per heavy atom. The summed E-state index contributed by atoms with van der Waals surface area (Å²) in [7, 11) is 0. The Labute approximate surface area is 121 Å². The van der Waals surface area contributed by atoms with Crippen molar-refractivity contribution in [3.63, 3.8) is 0 Å². The maximum Gasteiger partial charge on any atom is 0.220 e. The quantitative estimate of drug-likeness (QED) is 0.866. The monoisotopic (exact) mass is 275 g/mol. The molecule has 0 bridgehead atoms. The highest BCUT2D eigenvalue weighted by molar-refractivity contribution is 5.75. The number of carbonyl (C=O) groups is 1. The van der Waals surface area contributed by atoms with E-state index in [9.17, 15) is 4.79 Å². The normalized spacial score (nSPS) is 17.1. The van der Waals surface area contributed by atoms with Crippen LogP contribution in [0.2, 0.25) is 0 Å². The van der Waals surface area contributed by atoms with Gasteiger partial charge < -0.3 is 10.2 Å². The summed E-state index contributed by atoms with van der Waals surface area (Å²) >= 11 is 0. The Morgan fingerprint density at radius 1 is 1.45 bits per heavy atom. The van der Waals surface area contributed by atoms with Gasteiger partial charge in [-0.3, -0.25) is 9.78 Å². The van der Waals surface area contributed by atoms with Gasteiger partial charge in [-0.25, -0.2) is 0 Å². The van der Waals surface area contributed by atoms with Crippen molar-refractivity contribution in [1.29, 1.82) is 0 Å². The SMILES string of the molecule is Cc1cnccc1CNC(=O)CC[C@H](C)N1CCCC1. The van der Waals surface area contributed by atoms with Crippen LogP contribution in [-0.4, -0.2) is 34.9 Å². The standard InChI is InChI=1S/C16H25N3O/c1-13-11-17-8-7-15(13)12-18-16(20)6-5-14(2)19-9-3-4-10-19/h7-8,11,14H,3-6,9-10,12H2,1-2H3,(H,18,20)/t14-/m0/s1. The van der Waals surface area contributed by atoms with Gasteiger partial charge >= 0.3 is 0 Å². The highest BCUT2D eigenvalue weighted by Gasteiger charge is 2.18. The van der Waals surface area contributed by atoms with Crippen LogP contribution in [0, 0.1) is 6.92 Å². The highest BCUT2D eigenvalue weighted by Crippen LogP contribution is 2.14. The molecule has 1 saturated heterocycles. The molecule has 4 heteroatoms. The summed E-state index contributed by atoms with van der Waals surface area (Å²) in [6.07, 6.45) is 7.76. The number of pyridine rings is 1.